The average molecular weight is 324 g/mol. The summed E-state index contributed by atoms with van der Waals surface area (Å²) in [5.74, 6) is 1.77. The van der Waals surface area contributed by atoms with Crippen LogP contribution in [0.2, 0.25) is 0 Å². The van der Waals surface area contributed by atoms with E-state index in [9.17, 15) is 4.79 Å². The number of hydrogen-bond donors (Lipinski definition) is 0. The van der Waals surface area contributed by atoms with Gasteiger partial charge >= 0.3 is 0 Å². The van der Waals surface area contributed by atoms with E-state index in [2.05, 4.69) is 15.0 Å². The summed E-state index contributed by atoms with van der Waals surface area (Å²) < 4.78 is 1.78. The van der Waals surface area contributed by atoms with Crippen LogP contribution in [-0.2, 0) is 6.54 Å². The van der Waals surface area contributed by atoms with Crippen LogP contribution in [0.4, 0.5) is 0 Å². The Hall–Kier alpha value is -2.17. The lowest BCUT2D eigenvalue weighted by Crippen LogP contribution is -2.44. The van der Waals surface area contributed by atoms with Crippen LogP contribution in [0.3, 0.4) is 0 Å². The SMILES string of the molecule is O=C(c1ccc(Cn2cncn2)cc1)N1CC[C@H]2CCCC[C@@H]2C1. The second kappa shape index (κ2) is 6.75. The van der Waals surface area contributed by atoms with Crippen LogP contribution in [0.5, 0.6) is 0 Å². The normalized spacial score (nSPS) is 23.8. The standard InChI is InChI=1S/C19H24N4O/c24-19(22-10-9-16-3-1-2-4-18(16)12-22)17-7-5-15(6-8-17)11-23-14-20-13-21-23/h5-8,13-14,16,18H,1-4,9-12H2/t16-,18-/m1/s1. The third-order valence-corrected chi connectivity index (χ3v) is 5.59. The maximum atomic E-state index is 12.8. The molecule has 0 bridgehead atoms. The van der Waals surface area contributed by atoms with Crippen molar-refractivity contribution in [1.29, 1.82) is 0 Å². The van der Waals surface area contributed by atoms with Crippen LogP contribution in [0, 0.1) is 11.8 Å². The lowest BCUT2D eigenvalue weighted by atomic mass is 9.75. The summed E-state index contributed by atoms with van der Waals surface area (Å²) in [4.78, 5) is 18.8. The number of aromatic nitrogens is 3. The van der Waals surface area contributed by atoms with Crippen molar-refractivity contribution in [2.75, 3.05) is 13.1 Å². The molecule has 1 aromatic carbocycles. The molecule has 0 spiro atoms. The zero-order valence-corrected chi connectivity index (χ0v) is 14.0. The zero-order chi connectivity index (χ0) is 16.4. The summed E-state index contributed by atoms with van der Waals surface area (Å²) in [6, 6.07) is 7.92. The molecule has 0 radical (unpaired) electrons. The number of piperidine rings is 1. The highest BCUT2D eigenvalue weighted by Crippen LogP contribution is 2.36. The smallest absolute Gasteiger partial charge is 0.253 e. The maximum absolute atomic E-state index is 12.8. The molecule has 1 aliphatic carbocycles. The van der Waals surface area contributed by atoms with Crippen LogP contribution in [0.1, 0.15) is 48.0 Å². The molecule has 5 heteroatoms. The molecule has 24 heavy (non-hydrogen) atoms. The zero-order valence-electron chi connectivity index (χ0n) is 14.0. The van der Waals surface area contributed by atoms with Gasteiger partial charge in [-0.15, -0.1) is 0 Å². The number of benzene rings is 1. The van der Waals surface area contributed by atoms with Crippen LogP contribution in [-0.4, -0.2) is 38.7 Å². The minimum absolute atomic E-state index is 0.186. The molecule has 2 heterocycles. The number of hydrogen-bond acceptors (Lipinski definition) is 3. The lowest BCUT2D eigenvalue weighted by molar-refractivity contribution is 0.0521. The third-order valence-electron chi connectivity index (χ3n) is 5.59. The van der Waals surface area contributed by atoms with Crippen LogP contribution < -0.4 is 0 Å². The molecule has 1 aliphatic heterocycles. The van der Waals surface area contributed by atoms with Crippen LogP contribution in [0.25, 0.3) is 0 Å². The summed E-state index contributed by atoms with van der Waals surface area (Å²) in [6.45, 7) is 2.55. The molecule has 2 atom stereocenters. The van der Waals surface area contributed by atoms with E-state index >= 15 is 0 Å². The highest BCUT2D eigenvalue weighted by atomic mass is 16.2. The van der Waals surface area contributed by atoms with Gasteiger partial charge in [-0.25, -0.2) is 9.67 Å². The lowest BCUT2D eigenvalue weighted by Gasteiger charge is -2.41. The van der Waals surface area contributed by atoms with Gasteiger partial charge in [0, 0.05) is 18.7 Å². The number of carbonyl (C=O) groups excluding carboxylic acids is 1. The van der Waals surface area contributed by atoms with E-state index < -0.39 is 0 Å². The number of fused-ring (bicyclic) bond motifs is 1. The van der Waals surface area contributed by atoms with E-state index in [-0.39, 0.29) is 5.91 Å². The van der Waals surface area contributed by atoms with E-state index in [0.29, 0.717) is 6.54 Å². The molecule has 0 N–H and O–H groups in total. The summed E-state index contributed by atoms with van der Waals surface area (Å²) in [5, 5.41) is 4.11. The largest absolute Gasteiger partial charge is 0.338 e. The predicted molar refractivity (Wildman–Crippen MR) is 91.5 cm³/mol. The first-order valence-electron chi connectivity index (χ1n) is 9.00. The molecule has 2 aromatic rings. The van der Waals surface area contributed by atoms with Gasteiger partial charge in [0.05, 0.1) is 6.54 Å². The van der Waals surface area contributed by atoms with E-state index in [1.165, 1.54) is 38.4 Å². The Morgan fingerprint density at radius 1 is 1.08 bits per heavy atom. The average Bonchev–Trinajstić information content (AvgIpc) is 3.14. The van der Waals surface area contributed by atoms with Gasteiger partial charge in [-0.1, -0.05) is 31.4 Å². The van der Waals surface area contributed by atoms with Gasteiger partial charge in [-0.3, -0.25) is 4.79 Å². The molecule has 4 rings (SSSR count). The fraction of sp³-hybridized carbons (Fsp3) is 0.526. The molecule has 126 valence electrons. The number of nitrogens with zero attached hydrogens (tertiary/aromatic N) is 4. The van der Waals surface area contributed by atoms with Crippen molar-refractivity contribution in [2.45, 2.75) is 38.6 Å². The second-order valence-electron chi connectivity index (χ2n) is 7.13. The Bertz CT molecular complexity index is 680. The Morgan fingerprint density at radius 2 is 1.88 bits per heavy atom. The molecule has 0 unspecified atom stereocenters. The summed E-state index contributed by atoms with van der Waals surface area (Å²) >= 11 is 0. The quantitative estimate of drug-likeness (QED) is 0.872. The first-order chi connectivity index (χ1) is 11.8. The van der Waals surface area contributed by atoms with E-state index in [1.807, 2.05) is 24.3 Å². The van der Waals surface area contributed by atoms with Crippen molar-refractivity contribution >= 4 is 5.91 Å². The minimum atomic E-state index is 0.186. The molecular weight excluding hydrogens is 300 g/mol. The number of amides is 1. The van der Waals surface area contributed by atoms with Gasteiger partial charge in [0.2, 0.25) is 0 Å². The minimum Gasteiger partial charge on any atom is -0.338 e. The Morgan fingerprint density at radius 3 is 2.62 bits per heavy atom. The molecule has 5 nitrogen and oxygen atoms in total. The summed E-state index contributed by atoms with van der Waals surface area (Å²) in [5.41, 5.74) is 1.93. The van der Waals surface area contributed by atoms with Crippen molar-refractivity contribution < 1.29 is 4.79 Å². The number of rotatable bonds is 3. The van der Waals surface area contributed by atoms with Gasteiger partial charge in [-0.2, -0.15) is 5.10 Å². The van der Waals surface area contributed by atoms with Gasteiger partial charge < -0.3 is 4.90 Å². The monoisotopic (exact) mass is 324 g/mol. The predicted octanol–water partition coefficient (Wildman–Crippen LogP) is 2.98. The van der Waals surface area contributed by atoms with Crippen molar-refractivity contribution in [1.82, 2.24) is 19.7 Å². The fourth-order valence-electron chi connectivity index (χ4n) is 4.22. The second-order valence-corrected chi connectivity index (χ2v) is 7.13. The van der Waals surface area contributed by atoms with Gasteiger partial charge in [0.1, 0.15) is 12.7 Å². The first kappa shape index (κ1) is 15.4. The van der Waals surface area contributed by atoms with E-state index in [4.69, 9.17) is 0 Å². The van der Waals surface area contributed by atoms with Crippen molar-refractivity contribution in [3.8, 4) is 0 Å². The molecule has 2 aliphatic rings. The van der Waals surface area contributed by atoms with Crippen molar-refractivity contribution in [3.63, 3.8) is 0 Å². The molecule has 1 aromatic heterocycles. The highest BCUT2D eigenvalue weighted by molar-refractivity contribution is 5.94. The number of likely N-dealkylation sites (tertiary alicyclic amines) is 1. The molecule has 1 amide bonds. The number of carbonyl (C=O) groups is 1. The van der Waals surface area contributed by atoms with Gasteiger partial charge in [-0.05, 0) is 42.4 Å². The molecule has 1 saturated heterocycles. The Labute approximate surface area is 142 Å². The van der Waals surface area contributed by atoms with Crippen molar-refractivity contribution in [2.24, 2.45) is 11.8 Å². The molecule has 2 fully saturated rings. The van der Waals surface area contributed by atoms with E-state index in [0.717, 1.165) is 36.1 Å². The maximum Gasteiger partial charge on any atom is 0.253 e. The fourth-order valence-corrected chi connectivity index (χ4v) is 4.22. The van der Waals surface area contributed by atoms with Gasteiger partial charge in [0.15, 0.2) is 0 Å². The molecule has 1 saturated carbocycles. The topological polar surface area (TPSA) is 51.0 Å². The highest BCUT2D eigenvalue weighted by Gasteiger charge is 2.33. The van der Waals surface area contributed by atoms with Crippen molar-refractivity contribution in [3.05, 3.63) is 48.0 Å². The summed E-state index contributed by atoms with van der Waals surface area (Å²) in [6.07, 6.45) is 9.79. The molecular formula is C19H24N4O. The Kier molecular flexibility index (Phi) is 4.32. The summed E-state index contributed by atoms with van der Waals surface area (Å²) in [7, 11) is 0. The van der Waals surface area contributed by atoms with Crippen LogP contribution in [0.15, 0.2) is 36.9 Å². The third kappa shape index (κ3) is 3.21. The van der Waals surface area contributed by atoms with Gasteiger partial charge in [0.25, 0.3) is 5.91 Å². The first-order valence-corrected chi connectivity index (χ1v) is 9.00. The van der Waals surface area contributed by atoms with E-state index in [1.54, 1.807) is 11.0 Å². The Balaban J connectivity index is 1.40. The van der Waals surface area contributed by atoms with Crippen LogP contribution >= 0.6 is 0 Å².